The first-order valence-electron chi connectivity index (χ1n) is 5.35. The molecule has 1 amide bonds. The molecule has 5 nitrogen and oxygen atoms in total. The molecule has 19 heavy (non-hydrogen) atoms. The van der Waals surface area contributed by atoms with Crippen LogP contribution in [-0.2, 0) is 22.3 Å². The summed E-state index contributed by atoms with van der Waals surface area (Å²) in [4.78, 5) is 15.0. The average molecular weight is 277 g/mol. The fourth-order valence-electron chi connectivity index (χ4n) is 1.20. The normalized spacial score (nSPS) is 11.4. The van der Waals surface area contributed by atoms with Gasteiger partial charge in [0.1, 0.15) is 6.61 Å². The van der Waals surface area contributed by atoms with E-state index in [-0.39, 0.29) is 19.1 Å². The molecule has 0 aliphatic carbocycles. The van der Waals surface area contributed by atoms with Gasteiger partial charge in [-0.2, -0.15) is 13.2 Å². The molecule has 1 aromatic heterocycles. The maximum atomic E-state index is 12.3. The summed E-state index contributed by atoms with van der Waals surface area (Å²) in [6.45, 7) is 0.0635. The Morgan fingerprint density at radius 2 is 2.16 bits per heavy atom. The van der Waals surface area contributed by atoms with E-state index in [1.165, 1.54) is 25.2 Å². The number of alkyl halides is 3. The van der Waals surface area contributed by atoms with Gasteiger partial charge in [0.2, 0.25) is 0 Å². The molecule has 0 spiro atoms. The summed E-state index contributed by atoms with van der Waals surface area (Å²) >= 11 is 0. The number of halogens is 3. The number of hydrogen-bond acceptors (Lipinski definition) is 4. The highest BCUT2D eigenvalue weighted by molar-refractivity contribution is 5.76. The topological polar surface area (TPSA) is 54.5 Å². The highest BCUT2D eigenvalue weighted by Crippen LogP contribution is 2.28. The van der Waals surface area contributed by atoms with Crippen molar-refractivity contribution >= 4 is 5.91 Å². The van der Waals surface area contributed by atoms with Crippen molar-refractivity contribution in [1.29, 1.82) is 0 Å². The number of pyridine rings is 1. The molecule has 1 rings (SSSR count). The van der Waals surface area contributed by atoms with Crippen molar-refractivity contribution in [2.75, 3.05) is 20.8 Å². The van der Waals surface area contributed by atoms with Crippen molar-refractivity contribution in [3.63, 3.8) is 0 Å². The van der Waals surface area contributed by atoms with Crippen molar-refractivity contribution in [2.45, 2.75) is 12.7 Å². The number of amides is 1. The highest BCUT2D eigenvalue weighted by atomic mass is 19.4. The zero-order valence-electron chi connectivity index (χ0n) is 10.5. The van der Waals surface area contributed by atoms with Gasteiger partial charge in [0.15, 0.2) is 0 Å². The van der Waals surface area contributed by atoms with E-state index in [1.807, 2.05) is 0 Å². The van der Waals surface area contributed by atoms with Gasteiger partial charge < -0.3 is 4.74 Å². The molecular weight excluding hydrogens is 263 g/mol. The zero-order valence-corrected chi connectivity index (χ0v) is 10.5. The number of carbonyl (C=O) groups excluding carboxylic acids is 1. The summed E-state index contributed by atoms with van der Waals surface area (Å²) in [7, 11) is 2.88. The molecule has 0 saturated heterocycles. The molecule has 0 aromatic carbocycles. The summed E-state index contributed by atoms with van der Waals surface area (Å²) in [5.41, 5.74) is 2.29. The standard InChI is InChI=1S/C11H14F3N3O2/c1-17(10(18)7-19-2)16-6-9-4-3-8(5-15-9)11(12,13)14/h3-5,16H,6-7H2,1-2H3. The van der Waals surface area contributed by atoms with E-state index < -0.39 is 11.7 Å². The predicted molar refractivity (Wildman–Crippen MR) is 60.7 cm³/mol. The lowest BCUT2D eigenvalue weighted by molar-refractivity contribution is -0.138. The third-order valence-corrected chi connectivity index (χ3v) is 2.29. The van der Waals surface area contributed by atoms with Gasteiger partial charge >= 0.3 is 6.18 Å². The quantitative estimate of drug-likeness (QED) is 0.822. The lowest BCUT2D eigenvalue weighted by atomic mass is 10.2. The number of hydrogen-bond donors (Lipinski definition) is 1. The molecule has 0 fully saturated rings. The molecule has 0 saturated carbocycles. The van der Waals surface area contributed by atoms with E-state index in [9.17, 15) is 18.0 Å². The fourth-order valence-corrected chi connectivity index (χ4v) is 1.20. The number of rotatable bonds is 5. The van der Waals surface area contributed by atoms with Crippen LogP contribution in [0.1, 0.15) is 11.3 Å². The van der Waals surface area contributed by atoms with Crippen LogP contribution in [0, 0.1) is 0 Å². The third kappa shape index (κ3) is 4.84. The Labute approximate surface area is 108 Å². The number of ether oxygens (including phenoxy) is 1. The Balaban J connectivity index is 2.53. The average Bonchev–Trinajstić information content (AvgIpc) is 2.35. The summed E-state index contributed by atoms with van der Waals surface area (Å²) in [6.07, 6.45) is -3.64. The van der Waals surface area contributed by atoms with Gasteiger partial charge in [0, 0.05) is 20.4 Å². The largest absolute Gasteiger partial charge is 0.417 e. The van der Waals surface area contributed by atoms with Crippen molar-refractivity contribution in [3.05, 3.63) is 29.6 Å². The highest BCUT2D eigenvalue weighted by Gasteiger charge is 2.30. The fraction of sp³-hybridized carbons (Fsp3) is 0.455. The molecule has 8 heteroatoms. The molecule has 0 unspecified atom stereocenters. The summed E-state index contributed by atoms with van der Waals surface area (Å²) in [5.74, 6) is -0.297. The molecule has 0 atom stereocenters. The minimum absolute atomic E-state index is 0.0794. The SMILES string of the molecule is COCC(=O)N(C)NCc1ccc(C(F)(F)F)cn1. The molecular formula is C11H14F3N3O2. The van der Waals surface area contributed by atoms with Crippen LogP contribution in [0.3, 0.4) is 0 Å². The second-order valence-electron chi connectivity index (χ2n) is 3.76. The number of carbonyl (C=O) groups is 1. The van der Waals surface area contributed by atoms with Crippen LogP contribution >= 0.6 is 0 Å². The number of nitrogens with zero attached hydrogens (tertiary/aromatic N) is 2. The van der Waals surface area contributed by atoms with Crippen LogP contribution in [0.15, 0.2) is 18.3 Å². The minimum Gasteiger partial charge on any atom is -0.375 e. The van der Waals surface area contributed by atoms with Gasteiger partial charge in [-0.25, -0.2) is 5.43 Å². The molecule has 0 bridgehead atoms. The second-order valence-corrected chi connectivity index (χ2v) is 3.76. The molecule has 0 aliphatic rings. The molecule has 0 radical (unpaired) electrons. The zero-order chi connectivity index (χ0) is 14.5. The minimum atomic E-state index is -4.40. The monoisotopic (exact) mass is 277 g/mol. The van der Waals surface area contributed by atoms with Crippen molar-refractivity contribution in [1.82, 2.24) is 15.4 Å². The third-order valence-electron chi connectivity index (χ3n) is 2.29. The van der Waals surface area contributed by atoms with Gasteiger partial charge in [0.05, 0.1) is 17.8 Å². The Morgan fingerprint density at radius 1 is 1.47 bits per heavy atom. The van der Waals surface area contributed by atoms with Gasteiger partial charge in [0.25, 0.3) is 5.91 Å². The van der Waals surface area contributed by atoms with E-state index in [4.69, 9.17) is 0 Å². The number of likely N-dealkylation sites (N-methyl/N-ethyl adjacent to an activating group) is 1. The number of methoxy groups -OCH3 is 1. The first-order valence-corrected chi connectivity index (χ1v) is 5.35. The Morgan fingerprint density at radius 3 is 2.63 bits per heavy atom. The van der Waals surface area contributed by atoms with E-state index >= 15 is 0 Å². The number of aromatic nitrogens is 1. The molecule has 1 heterocycles. The lowest BCUT2D eigenvalue weighted by Gasteiger charge is -2.17. The molecule has 106 valence electrons. The Hall–Kier alpha value is -1.67. The first kappa shape index (κ1) is 15.4. The van der Waals surface area contributed by atoms with E-state index in [0.717, 1.165) is 12.3 Å². The Bertz CT molecular complexity index is 420. The lowest BCUT2D eigenvalue weighted by Crippen LogP contribution is -2.41. The van der Waals surface area contributed by atoms with Gasteiger partial charge in [-0.05, 0) is 12.1 Å². The van der Waals surface area contributed by atoms with Gasteiger partial charge in [-0.3, -0.25) is 14.8 Å². The first-order chi connectivity index (χ1) is 8.84. The van der Waals surface area contributed by atoms with Crippen LogP contribution in [0.4, 0.5) is 13.2 Å². The van der Waals surface area contributed by atoms with Crippen molar-refractivity contribution < 1.29 is 22.7 Å². The van der Waals surface area contributed by atoms with Crippen LogP contribution < -0.4 is 5.43 Å². The molecule has 1 N–H and O–H groups in total. The smallest absolute Gasteiger partial charge is 0.375 e. The number of hydrazine groups is 1. The van der Waals surface area contributed by atoms with Crippen LogP contribution in [0.25, 0.3) is 0 Å². The van der Waals surface area contributed by atoms with E-state index in [1.54, 1.807) is 0 Å². The van der Waals surface area contributed by atoms with E-state index in [2.05, 4.69) is 15.1 Å². The summed E-state index contributed by atoms with van der Waals surface area (Å²) in [6, 6.07) is 2.20. The maximum absolute atomic E-state index is 12.3. The van der Waals surface area contributed by atoms with Gasteiger partial charge in [-0.15, -0.1) is 0 Å². The van der Waals surface area contributed by atoms with Crippen LogP contribution in [-0.4, -0.2) is 36.7 Å². The van der Waals surface area contributed by atoms with Gasteiger partial charge in [-0.1, -0.05) is 0 Å². The maximum Gasteiger partial charge on any atom is 0.417 e. The van der Waals surface area contributed by atoms with Crippen molar-refractivity contribution in [2.24, 2.45) is 0 Å². The number of nitrogens with one attached hydrogen (secondary N) is 1. The van der Waals surface area contributed by atoms with E-state index in [0.29, 0.717) is 5.69 Å². The Kier molecular flexibility index (Phi) is 5.25. The van der Waals surface area contributed by atoms with Crippen LogP contribution in [0.2, 0.25) is 0 Å². The second kappa shape index (κ2) is 6.48. The summed E-state index contributed by atoms with van der Waals surface area (Å²) in [5, 5.41) is 1.20. The molecule has 0 aliphatic heterocycles. The van der Waals surface area contributed by atoms with Crippen LogP contribution in [0.5, 0.6) is 0 Å². The summed E-state index contributed by atoms with van der Waals surface area (Å²) < 4.78 is 41.6. The molecule has 1 aromatic rings. The van der Waals surface area contributed by atoms with Crippen molar-refractivity contribution in [3.8, 4) is 0 Å². The predicted octanol–water partition coefficient (Wildman–Crippen LogP) is 1.21.